The van der Waals surface area contributed by atoms with Gasteiger partial charge in [-0.1, -0.05) is 6.58 Å². The highest BCUT2D eigenvalue weighted by atomic mass is 16.5. The van der Waals surface area contributed by atoms with Crippen LogP contribution < -0.4 is 5.32 Å². The van der Waals surface area contributed by atoms with Crippen LogP contribution in [-0.2, 0) is 4.74 Å². The van der Waals surface area contributed by atoms with E-state index in [0.29, 0.717) is 0 Å². The number of rotatable bonds is 3. The second-order valence-electron chi connectivity index (χ2n) is 3.28. The molecule has 0 amide bonds. The molecule has 0 aromatic rings. The van der Waals surface area contributed by atoms with Crippen molar-refractivity contribution >= 4 is 0 Å². The van der Waals surface area contributed by atoms with Gasteiger partial charge in [-0.3, -0.25) is 0 Å². The average Bonchev–Trinajstić information content (AvgIpc) is 1.59. The fraction of sp³-hybridized carbons (Fsp3) is 0.750. The molecule has 0 aliphatic carbocycles. The number of ether oxygens (including phenoxy) is 1. The van der Waals surface area contributed by atoms with Crippen LogP contribution in [0.5, 0.6) is 0 Å². The van der Waals surface area contributed by atoms with Crippen LogP contribution in [0.2, 0.25) is 0 Å². The van der Waals surface area contributed by atoms with Gasteiger partial charge < -0.3 is 10.1 Å². The van der Waals surface area contributed by atoms with Crippen LogP contribution in [-0.4, -0.2) is 19.2 Å². The molecule has 2 heteroatoms. The number of hydrogen-bond donors (Lipinski definition) is 1. The lowest BCUT2D eigenvalue weighted by molar-refractivity contribution is 0.0504. The highest BCUT2D eigenvalue weighted by molar-refractivity contribution is 4.87. The molecule has 0 aliphatic heterocycles. The van der Waals surface area contributed by atoms with Gasteiger partial charge >= 0.3 is 0 Å². The smallest absolute Gasteiger partial charge is 0.103 e. The van der Waals surface area contributed by atoms with E-state index in [1.807, 2.05) is 27.8 Å². The van der Waals surface area contributed by atoms with Gasteiger partial charge in [-0.05, 0) is 27.8 Å². The van der Waals surface area contributed by atoms with Gasteiger partial charge in [0.2, 0.25) is 0 Å². The van der Waals surface area contributed by atoms with Crippen LogP contribution in [0.3, 0.4) is 0 Å². The maximum Gasteiger partial charge on any atom is 0.103 e. The number of hydrogen-bond acceptors (Lipinski definition) is 2. The zero-order valence-electron chi connectivity index (χ0n) is 7.32. The van der Waals surface area contributed by atoms with E-state index in [2.05, 4.69) is 11.9 Å². The van der Waals surface area contributed by atoms with Crippen molar-refractivity contribution in [3.05, 3.63) is 12.3 Å². The minimum atomic E-state index is -0.117. The largest absolute Gasteiger partial charge is 0.492 e. The first-order valence-corrected chi connectivity index (χ1v) is 3.47. The van der Waals surface area contributed by atoms with Gasteiger partial charge in [-0.15, -0.1) is 0 Å². The van der Waals surface area contributed by atoms with Crippen LogP contribution >= 0.6 is 0 Å². The van der Waals surface area contributed by atoms with E-state index < -0.39 is 0 Å². The van der Waals surface area contributed by atoms with E-state index in [0.717, 1.165) is 12.3 Å². The topological polar surface area (TPSA) is 21.3 Å². The normalized spacial score (nSPS) is 11.2. The van der Waals surface area contributed by atoms with E-state index in [4.69, 9.17) is 4.74 Å². The number of likely N-dealkylation sites (N-methyl/N-ethyl adjacent to an activating group) is 1. The van der Waals surface area contributed by atoms with E-state index in [1.54, 1.807) is 0 Å². The highest BCUT2D eigenvalue weighted by Gasteiger charge is 2.11. The van der Waals surface area contributed by atoms with E-state index in [-0.39, 0.29) is 5.60 Å². The molecule has 0 aromatic heterocycles. The molecule has 0 aliphatic rings. The minimum Gasteiger partial charge on any atom is -0.492 e. The molecule has 60 valence electrons. The van der Waals surface area contributed by atoms with Crippen LogP contribution in [0.1, 0.15) is 20.8 Å². The lowest BCUT2D eigenvalue weighted by atomic mass is 10.2. The molecule has 0 bridgehead atoms. The van der Waals surface area contributed by atoms with Crippen molar-refractivity contribution in [1.29, 1.82) is 0 Å². The molecule has 0 saturated heterocycles. The Morgan fingerprint density at radius 3 is 2.30 bits per heavy atom. The molecule has 0 radical (unpaired) electrons. The summed E-state index contributed by atoms with van der Waals surface area (Å²) >= 11 is 0. The fourth-order valence-corrected chi connectivity index (χ4v) is 0.666. The summed E-state index contributed by atoms with van der Waals surface area (Å²) in [5, 5.41) is 2.97. The zero-order chi connectivity index (χ0) is 8.20. The van der Waals surface area contributed by atoms with Crippen molar-refractivity contribution in [3.63, 3.8) is 0 Å². The molecule has 0 unspecified atom stereocenters. The molecule has 10 heavy (non-hydrogen) atoms. The lowest BCUT2D eigenvalue weighted by Gasteiger charge is -2.22. The van der Waals surface area contributed by atoms with Crippen molar-refractivity contribution in [2.75, 3.05) is 13.6 Å². The fourth-order valence-electron chi connectivity index (χ4n) is 0.666. The maximum absolute atomic E-state index is 5.42. The van der Waals surface area contributed by atoms with Gasteiger partial charge in [0.25, 0.3) is 0 Å². The first kappa shape index (κ1) is 9.50. The van der Waals surface area contributed by atoms with E-state index >= 15 is 0 Å². The van der Waals surface area contributed by atoms with Gasteiger partial charge in [0.15, 0.2) is 0 Å². The molecule has 0 saturated carbocycles. The second kappa shape index (κ2) is 3.62. The summed E-state index contributed by atoms with van der Waals surface area (Å²) in [7, 11) is 1.87. The standard InChI is InChI=1S/C8H17NO/c1-7(6-9-5)10-8(2,3)4/h9H,1,6H2,2-5H3. The van der Waals surface area contributed by atoms with Crippen LogP contribution in [0, 0.1) is 0 Å². The van der Waals surface area contributed by atoms with E-state index in [1.165, 1.54) is 0 Å². The van der Waals surface area contributed by atoms with Crippen molar-refractivity contribution in [2.24, 2.45) is 0 Å². The minimum absolute atomic E-state index is 0.117. The Morgan fingerprint density at radius 1 is 1.50 bits per heavy atom. The lowest BCUT2D eigenvalue weighted by Crippen LogP contribution is -2.22. The third kappa shape index (κ3) is 5.63. The molecule has 2 nitrogen and oxygen atoms in total. The molecule has 0 aromatic carbocycles. The zero-order valence-corrected chi connectivity index (χ0v) is 7.32. The Kier molecular flexibility index (Phi) is 3.43. The van der Waals surface area contributed by atoms with Crippen molar-refractivity contribution < 1.29 is 4.74 Å². The average molecular weight is 143 g/mol. The summed E-state index contributed by atoms with van der Waals surface area (Å²) in [4.78, 5) is 0. The second-order valence-corrected chi connectivity index (χ2v) is 3.28. The van der Waals surface area contributed by atoms with Crippen molar-refractivity contribution in [3.8, 4) is 0 Å². The van der Waals surface area contributed by atoms with Crippen molar-refractivity contribution in [2.45, 2.75) is 26.4 Å². The molecular weight excluding hydrogens is 126 g/mol. The molecule has 0 fully saturated rings. The van der Waals surface area contributed by atoms with Crippen LogP contribution in [0.4, 0.5) is 0 Å². The van der Waals surface area contributed by atoms with Gasteiger partial charge in [0.05, 0.1) is 6.54 Å². The Hall–Kier alpha value is -0.500. The highest BCUT2D eigenvalue weighted by Crippen LogP contribution is 2.10. The summed E-state index contributed by atoms with van der Waals surface area (Å²) in [6.07, 6.45) is 0. The third-order valence-electron chi connectivity index (χ3n) is 0.824. The van der Waals surface area contributed by atoms with E-state index in [9.17, 15) is 0 Å². The Labute approximate surface area is 63.3 Å². The Bertz CT molecular complexity index is 113. The number of nitrogens with one attached hydrogen (secondary N) is 1. The molecule has 0 heterocycles. The Balaban J connectivity index is 3.58. The molecule has 1 N–H and O–H groups in total. The molecule has 0 atom stereocenters. The predicted octanol–water partition coefficient (Wildman–Crippen LogP) is 1.53. The monoisotopic (exact) mass is 143 g/mol. The summed E-state index contributed by atoms with van der Waals surface area (Å²) in [6.45, 7) is 10.5. The van der Waals surface area contributed by atoms with Gasteiger partial charge in [-0.2, -0.15) is 0 Å². The quantitative estimate of drug-likeness (QED) is 0.605. The Morgan fingerprint density at radius 2 is 2.00 bits per heavy atom. The summed E-state index contributed by atoms with van der Waals surface area (Å²) in [6, 6.07) is 0. The van der Waals surface area contributed by atoms with Crippen LogP contribution in [0.15, 0.2) is 12.3 Å². The summed E-state index contributed by atoms with van der Waals surface area (Å²) in [5.74, 6) is 0.787. The van der Waals surface area contributed by atoms with Gasteiger partial charge in [-0.25, -0.2) is 0 Å². The first-order valence-electron chi connectivity index (χ1n) is 3.47. The SMILES string of the molecule is C=C(CNC)OC(C)(C)C. The van der Waals surface area contributed by atoms with Gasteiger partial charge in [0, 0.05) is 0 Å². The summed E-state index contributed by atoms with van der Waals surface area (Å²) in [5.41, 5.74) is -0.117. The van der Waals surface area contributed by atoms with Crippen molar-refractivity contribution in [1.82, 2.24) is 5.32 Å². The third-order valence-corrected chi connectivity index (χ3v) is 0.824. The maximum atomic E-state index is 5.42. The molecule has 0 rings (SSSR count). The van der Waals surface area contributed by atoms with Gasteiger partial charge in [0.1, 0.15) is 11.4 Å². The first-order chi connectivity index (χ1) is 4.45. The molecule has 0 spiro atoms. The molecular formula is C8H17NO. The predicted molar refractivity (Wildman–Crippen MR) is 43.9 cm³/mol. The van der Waals surface area contributed by atoms with Crippen LogP contribution in [0.25, 0.3) is 0 Å². The summed E-state index contributed by atoms with van der Waals surface area (Å²) < 4.78 is 5.42.